The molecule has 1 rings (SSSR count). The molecule has 1 unspecified atom stereocenters. The Bertz CT molecular complexity index is 431. The molecule has 0 bridgehead atoms. The molecule has 0 fully saturated rings. The van der Waals surface area contributed by atoms with Gasteiger partial charge in [0.25, 0.3) is 0 Å². The second-order valence-electron chi connectivity index (χ2n) is 4.62. The summed E-state index contributed by atoms with van der Waals surface area (Å²) in [6, 6.07) is 10.1. The van der Waals surface area contributed by atoms with E-state index in [1.807, 2.05) is 45.0 Å². The van der Waals surface area contributed by atoms with Crippen molar-refractivity contribution in [3.05, 3.63) is 35.4 Å². The average Bonchev–Trinajstić information content (AvgIpc) is 2.38. The third-order valence-electron chi connectivity index (χ3n) is 2.93. The summed E-state index contributed by atoms with van der Waals surface area (Å²) in [5.41, 5.74) is 2.21. The van der Waals surface area contributed by atoms with Crippen LogP contribution in [0, 0.1) is 24.2 Å². The van der Waals surface area contributed by atoms with Gasteiger partial charge in [0.05, 0.1) is 18.4 Å². The van der Waals surface area contributed by atoms with Gasteiger partial charge in [-0.25, -0.2) is 0 Å². The van der Waals surface area contributed by atoms with Crippen LogP contribution in [0.2, 0.25) is 0 Å². The fraction of sp³-hybridized carbons (Fsp3) is 0.467. The van der Waals surface area contributed by atoms with Crippen LogP contribution in [0.15, 0.2) is 24.3 Å². The minimum Gasteiger partial charge on any atom is -0.341 e. The first kappa shape index (κ1) is 14.2. The number of carbonyl (C=O) groups is 1. The highest BCUT2D eigenvalue weighted by molar-refractivity contribution is 5.78. The van der Waals surface area contributed by atoms with Gasteiger partial charge in [-0.3, -0.25) is 4.79 Å². The Balaban J connectivity index is 2.62. The van der Waals surface area contributed by atoms with Crippen molar-refractivity contribution in [1.29, 1.82) is 5.26 Å². The van der Waals surface area contributed by atoms with E-state index in [1.165, 1.54) is 5.56 Å². The SMILES string of the molecule is CCN(CC(C)C#N)C(=O)Cc1ccc(C)cc1. The van der Waals surface area contributed by atoms with Crippen molar-refractivity contribution in [1.82, 2.24) is 4.90 Å². The molecule has 0 saturated heterocycles. The summed E-state index contributed by atoms with van der Waals surface area (Å²) in [6.07, 6.45) is 0.409. The van der Waals surface area contributed by atoms with E-state index in [2.05, 4.69) is 6.07 Å². The predicted molar refractivity (Wildman–Crippen MR) is 71.9 cm³/mol. The van der Waals surface area contributed by atoms with Crippen molar-refractivity contribution < 1.29 is 4.79 Å². The second-order valence-corrected chi connectivity index (χ2v) is 4.62. The lowest BCUT2D eigenvalue weighted by atomic mass is 10.1. The maximum absolute atomic E-state index is 12.1. The van der Waals surface area contributed by atoms with Crippen LogP contribution in [0.3, 0.4) is 0 Å². The molecule has 0 aliphatic heterocycles. The second kappa shape index (κ2) is 6.80. The van der Waals surface area contributed by atoms with Gasteiger partial charge in [-0.05, 0) is 26.3 Å². The van der Waals surface area contributed by atoms with Crippen molar-refractivity contribution >= 4 is 5.91 Å². The number of hydrogen-bond acceptors (Lipinski definition) is 2. The Hall–Kier alpha value is -1.82. The van der Waals surface area contributed by atoms with E-state index in [9.17, 15) is 4.79 Å². The van der Waals surface area contributed by atoms with E-state index < -0.39 is 0 Å². The van der Waals surface area contributed by atoms with Gasteiger partial charge in [0.15, 0.2) is 0 Å². The molecule has 1 aromatic carbocycles. The highest BCUT2D eigenvalue weighted by atomic mass is 16.2. The zero-order valence-corrected chi connectivity index (χ0v) is 11.3. The molecule has 0 aliphatic rings. The molecule has 0 aliphatic carbocycles. The Kier molecular flexibility index (Phi) is 5.38. The first-order valence-electron chi connectivity index (χ1n) is 6.29. The molecule has 3 heteroatoms. The quantitative estimate of drug-likeness (QED) is 0.799. The van der Waals surface area contributed by atoms with Gasteiger partial charge < -0.3 is 4.90 Å². The van der Waals surface area contributed by atoms with Crippen LogP contribution in [0.25, 0.3) is 0 Å². The fourth-order valence-electron chi connectivity index (χ4n) is 1.77. The molecule has 0 aromatic heterocycles. The molecule has 0 radical (unpaired) electrons. The van der Waals surface area contributed by atoms with E-state index >= 15 is 0 Å². The molecule has 0 N–H and O–H groups in total. The molecule has 0 heterocycles. The van der Waals surface area contributed by atoms with Gasteiger partial charge >= 0.3 is 0 Å². The maximum Gasteiger partial charge on any atom is 0.227 e. The fourth-order valence-corrected chi connectivity index (χ4v) is 1.77. The minimum atomic E-state index is -0.119. The number of carbonyl (C=O) groups excluding carboxylic acids is 1. The maximum atomic E-state index is 12.1. The van der Waals surface area contributed by atoms with Crippen LogP contribution in [-0.2, 0) is 11.2 Å². The highest BCUT2D eigenvalue weighted by Gasteiger charge is 2.14. The number of benzene rings is 1. The summed E-state index contributed by atoms with van der Waals surface area (Å²) < 4.78 is 0. The molecule has 0 saturated carbocycles. The molecule has 1 amide bonds. The summed E-state index contributed by atoms with van der Waals surface area (Å²) in [4.78, 5) is 13.8. The van der Waals surface area contributed by atoms with E-state index in [1.54, 1.807) is 4.90 Å². The average molecular weight is 244 g/mol. The van der Waals surface area contributed by atoms with E-state index in [-0.39, 0.29) is 11.8 Å². The number of amides is 1. The smallest absolute Gasteiger partial charge is 0.227 e. The van der Waals surface area contributed by atoms with E-state index in [0.717, 1.165) is 5.56 Å². The zero-order valence-electron chi connectivity index (χ0n) is 11.3. The number of nitrogens with zero attached hydrogens (tertiary/aromatic N) is 2. The molecule has 3 nitrogen and oxygen atoms in total. The molecule has 96 valence electrons. The first-order valence-corrected chi connectivity index (χ1v) is 6.29. The summed E-state index contributed by atoms with van der Waals surface area (Å²) >= 11 is 0. The Morgan fingerprint density at radius 1 is 1.39 bits per heavy atom. The van der Waals surface area contributed by atoms with Crippen LogP contribution >= 0.6 is 0 Å². The number of aryl methyl sites for hydroxylation is 1. The highest BCUT2D eigenvalue weighted by Crippen LogP contribution is 2.07. The van der Waals surface area contributed by atoms with Crippen molar-refractivity contribution in [2.24, 2.45) is 5.92 Å². The van der Waals surface area contributed by atoms with Gasteiger partial charge in [-0.2, -0.15) is 5.26 Å². The number of nitriles is 1. The number of likely N-dealkylation sites (N-methyl/N-ethyl adjacent to an activating group) is 1. The zero-order chi connectivity index (χ0) is 13.5. The minimum absolute atomic E-state index is 0.0865. The Labute approximate surface area is 109 Å². The third kappa shape index (κ3) is 4.21. The van der Waals surface area contributed by atoms with Gasteiger partial charge in [0, 0.05) is 13.1 Å². The molecule has 1 aromatic rings. The lowest BCUT2D eigenvalue weighted by Crippen LogP contribution is -2.35. The van der Waals surface area contributed by atoms with Crippen molar-refractivity contribution in [2.45, 2.75) is 27.2 Å². The lowest BCUT2D eigenvalue weighted by molar-refractivity contribution is -0.130. The van der Waals surface area contributed by atoms with Crippen LogP contribution in [0.1, 0.15) is 25.0 Å². The topological polar surface area (TPSA) is 44.1 Å². The van der Waals surface area contributed by atoms with Crippen molar-refractivity contribution in [3.8, 4) is 6.07 Å². The monoisotopic (exact) mass is 244 g/mol. The summed E-state index contributed by atoms with van der Waals surface area (Å²) in [7, 11) is 0. The van der Waals surface area contributed by atoms with Gasteiger partial charge in [0.2, 0.25) is 5.91 Å². The van der Waals surface area contributed by atoms with Crippen LogP contribution in [-0.4, -0.2) is 23.9 Å². The first-order chi connectivity index (χ1) is 8.56. The van der Waals surface area contributed by atoms with Crippen molar-refractivity contribution in [3.63, 3.8) is 0 Å². The van der Waals surface area contributed by atoms with Gasteiger partial charge in [-0.1, -0.05) is 29.8 Å². The van der Waals surface area contributed by atoms with E-state index in [0.29, 0.717) is 19.5 Å². The molecular formula is C15H20N2O. The Morgan fingerprint density at radius 2 is 2.00 bits per heavy atom. The predicted octanol–water partition coefficient (Wildman–Crippen LogP) is 2.55. The molecule has 0 spiro atoms. The molecule has 18 heavy (non-hydrogen) atoms. The van der Waals surface area contributed by atoms with Crippen LogP contribution < -0.4 is 0 Å². The van der Waals surface area contributed by atoms with E-state index in [4.69, 9.17) is 5.26 Å². The molecule has 1 atom stereocenters. The van der Waals surface area contributed by atoms with Gasteiger partial charge in [0.1, 0.15) is 0 Å². The summed E-state index contributed by atoms with van der Waals surface area (Å²) in [5.74, 6) is -0.0321. The number of rotatable bonds is 5. The summed E-state index contributed by atoms with van der Waals surface area (Å²) in [6.45, 7) is 6.96. The van der Waals surface area contributed by atoms with Gasteiger partial charge in [-0.15, -0.1) is 0 Å². The lowest BCUT2D eigenvalue weighted by Gasteiger charge is -2.22. The standard InChI is InChI=1S/C15H20N2O/c1-4-17(11-13(3)10-16)15(18)9-14-7-5-12(2)6-8-14/h5-8,13H,4,9,11H2,1-3H3. The third-order valence-corrected chi connectivity index (χ3v) is 2.93. The normalized spacial score (nSPS) is 11.7. The van der Waals surface area contributed by atoms with Crippen LogP contribution in [0.4, 0.5) is 0 Å². The molecular weight excluding hydrogens is 224 g/mol. The van der Waals surface area contributed by atoms with Crippen molar-refractivity contribution in [2.75, 3.05) is 13.1 Å². The largest absolute Gasteiger partial charge is 0.341 e. The number of hydrogen-bond donors (Lipinski definition) is 0. The Morgan fingerprint density at radius 3 is 2.50 bits per heavy atom. The summed E-state index contributed by atoms with van der Waals surface area (Å²) in [5, 5.41) is 8.79. The van der Waals surface area contributed by atoms with Crippen LogP contribution in [0.5, 0.6) is 0 Å².